The number of rotatable bonds is 3. The minimum Gasteiger partial charge on any atom is -0.388 e. The molecule has 0 spiro atoms. The summed E-state index contributed by atoms with van der Waals surface area (Å²) in [6.07, 6.45) is 7.32. The lowest BCUT2D eigenvalue weighted by atomic mass is 10.1. The Morgan fingerprint density at radius 1 is 1.68 bits per heavy atom. The van der Waals surface area contributed by atoms with Gasteiger partial charge in [0.05, 0.1) is 17.7 Å². The predicted molar refractivity (Wildman–Crippen MR) is 72.9 cm³/mol. The minimum absolute atomic E-state index is 0.204. The number of hydrogen-bond donors (Lipinski definition) is 2. The van der Waals surface area contributed by atoms with Crippen LogP contribution in [0.4, 0.5) is 5.82 Å². The maximum Gasteiger partial charge on any atom is 0.253 e. The summed E-state index contributed by atoms with van der Waals surface area (Å²) >= 11 is 0. The van der Waals surface area contributed by atoms with E-state index in [0.717, 1.165) is 18.8 Å². The number of hydrogen-bond acceptors (Lipinski definition) is 4. The zero-order valence-electron chi connectivity index (χ0n) is 10.9. The van der Waals surface area contributed by atoms with Gasteiger partial charge in [-0.05, 0) is 25.5 Å². The van der Waals surface area contributed by atoms with E-state index in [2.05, 4.69) is 16.2 Å². The summed E-state index contributed by atoms with van der Waals surface area (Å²) in [6.45, 7) is 3.34. The number of carbonyl (C=O) groups is 1. The molecule has 2 rings (SSSR count). The average molecular weight is 259 g/mol. The number of aliphatic hydroxyl groups is 1. The molecule has 0 aliphatic carbocycles. The van der Waals surface area contributed by atoms with Crippen LogP contribution in [0.5, 0.6) is 0 Å². The lowest BCUT2D eigenvalue weighted by molar-refractivity contribution is 0.0838. The summed E-state index contributed by atoms with van der Waals surface area (Å²) in [5, 5.41) is 12.5. The second kappa shape index (κ2) is 5.29. The topological polar surface area (TPSA) is 65.5 Å². The highest BCUT2D eigenvalue weighted by Crippen LogP contribution is 2.24. The third kappa shape index (κ3) is 3.24. The highest BCUT2D eigenvalue weighted by molar-refractivity contribution is 5.94. The zero-order valence-corrected chi connectivity index (χ0v) is 10.9. The molecule has 5 nitrogen and oxygen atoms in total. The maximum atomic E-state index is 11.6. The molecule has 19 heavy (non-hydrogen) atoms. The highest BCUT2D eigenvalue weighted by atomic mass is 16.3. The molecule has 1 aromatic rings. The molecular weight excluding hydrogens is 242 g/mol. The number of aromatic nitrogens is 1. The van der Waals surface area contributed by atoms with Crippen LogP contribution in [0.1, 0.15) is 23.7 Å². The van der Waals surface area contributed by atoms with E-state index < -0.39 is 5.60 Å². The average Bonchev–Trinajstić information content (AvgIpc) is 2.76. The van der Waals surface area contributed by atoms with Gasteiger partial charge in [-0.2, -0.15) is 0 Å². The monoisotopic (exact) mass is 259 g/mol. The first kappa shape index (κ1) is 13.4. The highest BCUT2D eigenvalue weighted by Gasteiger charge is 2.31. The fourth-order valence-electron chi connectivity index (χ4n) is 2.08. The van der Waals surface area contributed by atoms with E-state index in [0.29, 0.717) is 12.1 Å². The van der Waals surface area contributed by atoms with E-state index in [4.69, 9.17) is 6.42 Å². The van der Waals surface area contributed by atoms with Gasteiger partial charge in [0.2, 0.25) is 0 Å². The predicted octanol–water partition coefficient (Wildman–Crippen LogP) is 0.406. The summed E-state index contributed by atoms with van der Waals surface area (Å²) in [7, 11) is 0. The number of carbonyl (C=O) groups excluding carboxylic acids is 1. The Kier molecular flexibility index (Phi) is 3.72. The van der Waals surface area contributed by atoms with Gasteiger partial charge in [-0.1, -0.05) is 5.92 Å². The first-order valence-electron chi connectivity index (χ1n) is 6.17. The van der Waals surface area contributed by atoms with E-state index >= 15 is 0 Å². The summed E-state index contributed by atoms with van der Waals surface area (Å²) in [5.74, 6) is 2.88. The molecule has 0 saturated carbocycles. The van der Waals surface area contributed by atoms with E-state index in [1.807, 2.05) is 11.8 Å². The van der Waals surface area contributed by atoms with Crippen molar-refractivity contribution < 1.29 is 9.90 Å². The van der Waals surface area contributed by atoms with E-state index in [-0.39, 0.29) is 12.5 Å². The standard InChI is InChI=1S/C14H17N3O2/c1-3-7-15-13(18)11-4-5-12(16-9-11)17-8-6-14(2,19)10-17/h1,4-5,9,19H,6-8,10H2,2H3,(H,15,18). The van der Waals surface area contributed by atoms with Crippen LogP contribution >= 0.6 is 0 Å². The molecule has 0 aromatic carbocycles. The molecule has 2 heterocycles. The van der Waals surface area contributed by atoms with Crippen molar-refractivity contribution in [2.45, 2.75) is 18.9 Å². The van der Waals surface area contributed by atoms with Crippen molar-refractivity contribution >= 4 is 11.7 Å². The van der Waals surface area contributed by atoms with Crippen molar-refractivity contribution in [1.29, 1.82) is 0 Å². The number of β-amino-alcohol motifs (C(OH)–C–C–N with tert-alkyl or cyclic N) is 1. The number of amides is 1. The van der Waals surface area contributed by atoms with Gasteiger partial charge < -0.3 is 15.3 Å². The van der Waals surface area contributed by atoms with Crippen LogP contribution in [0.15, 0.2) is 18.3 Å². The van der Waals surface area contributed by atoms with E-state index in [9.17, 15) is 9.90 Å². The van der Waals surface area contributed by atoms with Gasteiger partial charge in [-0.3, -0.25) is 4.79 Å². The van der Waals surface area contributed by atoms with Gasteiger partial charge in [0.1, 0.15) is 5.82 Å². The van der Waals surface area contributed by atoms with Crippen molar-refractivity contribution in [2.75, 3.05) is 24.5 Å². The van der Waals surface area contributed by atoms with Crippen molar-refractivity contribution in [1.82, 2.24) is 10.3 Å². The fourth-order valence-corrected chi connectivity index (χ4v) is 2.08. The summed E-state index contributed by atoms with van der Waals surface area (Å²) in [5.41, 5.74) is -0.185. The molecule has 0 radical (unpaired) electrons. The SMILES string of the molecule is C#CCNC(=O)c1ccc(N2CCC(C)(O)C2)nc1. The number of nitrogens with one attached hydrogen (secondary N) is 1. The van der Waals surface area contributed by atoms with Gasteiger partial charge in [0.15, 0.2) is 0 Å². The normalized spacial score (nSPS) is 22.1. The lowest BCUT2D eigenvalue weighted by Crippen LogP contribution is -2.30. The maximum absolute atomic E-state index is 11.6. The molecule has 5 heteroatoms. The molecular formula is C14H17N3O2. The second-order valence-corrected chi connectivity index (χ2v) is 4.96. The third-order valence-corrected chi connectivity index (χ3v) is 3.14. The Hall–Kier alpha value is -2.06. The van der Waals surface area contributed by atoms with Gasteiger partial charge in [-0.25, -0.2) is 4.98 Å². The van der Waals surface area contributed by atoms with Crippen LogP contribution in [0.2, 0.25) is 0 Å². The largest absolute Gasteiger partial charge is 0.388 e. The summed E-state index contributed by atoms with van der Waals surface area (Å²) in [4.78, 5) is 17.9. The quantitative estimate of drug-likeness (QED) is 0.771. The lowest BCUT2D eigenvalue weighted by Gasteiger charge is -2.19. The molecule has 1 unspecified atom stereocenters. The van der Waals surface area contributed by atoms with Crippen LogP contribution in [-0.2, 0) is 0 Å². The van der Waals surface area contributed by atoms with Crippen molar-refractivity contribution in [3.63, 3.8) is 0 Å². The molecule has 1 aromatic heterocycles. The Labute approximate surface area is 112 Å². The van der Waals surface area contributed by atoms with Gasteiger partial charge >= 0.3 is 0 Å². The summed E-state index contributed by atoms with van der Waals surface area (Å²) in [6, 6.07) is 3.49. The first-order valence-corrected chi connectivity index (χ1v) is 6.17. The Bertz CT molecular complexity index is 502. The van der Waals surface area contributed by atoms with Gasteiger partial charge in [0.25, 0.3) is 5.91 Å². The zero-order chi connectivity index (χ0) is 13.9. The van der Waals surface area contributed by atoms with Crippen LogP contribution < -0.4 is 10.2 Å². The smallest absolute Gasteiger partial charge is 0.253 e. The Morgan fingerprint density at radius 2 is 2.47 bits per heavy atom. The van der Waals surface area contributed by atoms with Crippen LogP contribution in [0, 0.1) is 12.3 Å². The fraction of sp³-hybridized carbons (Fsp3) is 0.429. The minimum atomic E-state index is -0.662. The number of anilines is 1. The third-order valence-electron chi connectivity index (χ3n) is 3.14. The van der Waals surface area contributed by atoms with Crippen molar-refractivity contribution in [2.24, 2.45) is 0 Å². The molecule has 1 aliphatic heterocycles. The Morgan fingerprint density at radius 3 is 3.00 bits per heavy atom. The van der Waals surface area contributed by atoms with Crippen LogP contribution in [0.3, 0.4) is 0 Å². The molecule has 2 N–H and O–H groups in total. The van der Waals surface area contributed by atoms with Gasteiger partial charge in [0, 0.05) is 19.3 Å². The molecule has 1 atom stereocenters. The molecule has 100 valence electrons. The number of terminal acetylenes is 1. The van der Waals surface area contributed by atoms with Crippen molar-refractivity contribution in [3.05, 3.63) is 23.9 Å². The van der Waals surface area contributed by atoms with Crippen LogP contribution in [-0.4, -0.2) is 41.2 Å². The molecule has 1 saturated heterocycles. The van der Waals surface area contributed by atoms with E-state index in [1.54, 1.807) is 12.1 Å². The van der Waals surface area contributed by atoms with Crippen LogP contribution in [0.25, 0.3) is 0 Å². The molecule has 1 amide bonds. The molecule has 1 aliphatic rings. The van der Waals surface area contributed by atoms with Gasteiger partial charge in [-0.15, -0.1) is 6.42 Å². The molecule has 0 bridgehead atoms. The molecule has 1 fully saturated rings. The van der Waals surface area contributed by atoms with E-state index in [1.165, 1.54) is 6.20 Å². The second-order valence-electron chi connectivity index (χ2n) is 4.96. The summed E-state index contributed by atoms with van der Waals surface area (Å²) < 4.78 is 0. The first-order chi connectivity index (χ1) is 9.02. The Balaban J connectivity index is 2.03. The number of pyridine rings is 1. The van der Waals surface area contributed by atoms with Crippen molar-refractivity contribution in [3.8, 4) is 12.3 Å². The number of nitrogens with zero attached hydrogens (tertiary/aromatic N) is 2.